The van der Waals surface area contributed by atoms with Crippen LogP contribution in [0.3, 0.4) is 0 Å². The first kappa shape index (κ1) is 18.3. The normalized spacial score (nSPS) is 22.9. The molecular weight excluding hydrogens is 385 g/mol. The first-order valence-corrected chi connectivity index (χ1v) is 9.56. The molecule has 3 aliphatic rings. The molecule has 2 amide bonds. The number of fused-ring (bicyclic) bond motifs is 2. The topological polar surface area (TPSA) is 73.7 Å². The average molecular weight is 403 g/mol. The van der Waals surface area contributed by atoms with Gasteiger partial charge in [0, 0.05) is 24.9 Å². The second-order valence-electron chi connectivity index (χ2n) is 7.57. The largest absolute Gasteiger partial charge is 0.510 e. The lowest BCUT2D eigenvalue weighted by Gasteiger charge is -2.25. The summed E-state index contributed by atoms with van der Waals surface area (Å²) in [6.07, 6.45) is 6.87. The molecule has 2 unspecified atom stereocenters. The summed E-state index contributed by atoms with van der Waals surface area (Å²) in [5, 5.41) is 9.95. The van der Waals surface area contributed by atoms with E-state index in [4.69, 9.17) is 0 Å². The quantitative estimate of drug-likeness (QED) is 0.798. The predicted octanol–water partition coefficient (Wildman–Crippen LogP) is 2.91. The number of benzene rings is 1. The summed E-state index contributed by atoms with van der Waals surface area (Å²) in [5.41, 5.74) is 3.26. The monoisotopic (exact) mass is 403 g/mol. The lowest BCUT2D eigenvalue weighted by molar-refractivity contribution is -0.137. The fourth-order valence-electron chi connectivity index (χ4n) is 4.31. The van der Waals surface area contributed by atoms with Gasteiger partial charge in [-0.3, -0.25) is 19.5 Å². The lowest BCUT2D eigenvalue weighted by atomic mass is 9.95. The molecule has 0 aliphatic carbocycles. The van der Waals surface area contributed by atoms with Gasteiger partial charge >= 0.3 is 0 Å². The maximum atomic E-state index is 13.4. The Morgan fingerprint density at radius 3 is 2.77 bits per heavy atom. The molecule has 1 saturated heterocycles. The van der Waals surface area contributed by atoms with Gasteiger partial charge in [0.1, 0.15) is 11.6 Å². The fraction of sp³-hybridized carbons (Fsp3) is 0.174. The SMILES string of the molecule is CN1C(=O)C2=C3C=C(O)CN3C(C=Cc3ccc(-c4cccc(F)c4)cn3)C2C1=O. The van der Waals surface area contributed by atoms with Crippen LogP contribution in [0.5, 0.6) is 0 Å². The number of likely N-dealkylation sites (N-methyl/N-ethyl adjacent to an activating group) is 1. The first-order chi connectivity index (χ1) is 14.4. The molecule has 0 radical (unpaired) electrons. The number of pyridine rings is 1. The summed E-state index contributed by atoms with van der Waals surface area (Å²) in [5.74, 6) is -1.27. The van der Waals surface area contributed by atoms with E-state index in [1.807, 2.05) is 29.2 Å². The molecule has 3 aliphatic heterocycles. The third-order valence-electron chi connectivity index (χ3n) is 5.77. The van der Waals surface area contributed by atoms with Crippen molar-refractivity contribution in [2.75, 3.05) is 13.6 Å². The number of halogens is 1. The number of aliphatic hydroxyl groups excluding tert-OH is 1. The average Bonchev–Trinajstić information content (AvgIpc) is 3.32. The summed E-state index contributed by atoms with van der Waals surface area (Å²) in [7, 11) is 1.48. The molecule has 0 bridgehead atoms. The Labute approximate surface area is 172 Å². The van der Waals surface area contributed by atoms with Crippen molar-refractivity contribution in [1.29, 1.82) is 0 Å². The maximum Gasteiger partial charge on any atom is 0.259 e. The van der Waals surface area contributed by atoms with Crippen LogP contribution in [-0.4, -0.2) is 51.3 Å². The molecule has 0 spiro atoms. The van der Waals surface area contributed by atoms with Crippen LogP contribution in [0, 0.1) is 11.7 Å². The minimum Gasteiger partial charge on any atom is -0.510 e. The second-order valence-corrected chi connectivity index (χ2v) is 7.57. The van der Waals surface area contributed by atoms with Gasteiger partial charge in [-0.2, -0.15) is 0 Å². The Morgan fingerprint density at radius 1 is 1.20 bits per heavy atom. The van der Waals surface area contributed by atoms with Gasteiger partial charge in [0.2, 0.25) is 5.91 Å². The van der Waals surface area contributed by atoms with Gasteiger partial charge in [-0.25, -0.2) is 4.39 Å². The van der Waals surface area contributed by atoms with Crippen LogP contribution < -0.4 is 0 Å². The van der Waals surface area contributed by atoms with E-state index in [0.29, 0.717) is 17.0 Å². The van der Waals surface area contributed by atoms with Gasteiger partial charge in [-0.1, -0.05) is 24.3 Å². The molecule has 30 heavy (non-hydrogen) atoms. The van der Waals surface area contributed by atoms with Crippen LogP contribution in [0.2, 0.25) is 0 Å². The van der Waals surface area contributed by atoms with Crippen LogP contribution in [0.4, 0.5) is 4.39 Å². The molecule has 1 fully saturated rings. The zero-order valence-electron chi connectivity index (χ0n) is 16.1. The number of aromatic nitrogens is 1. The minimum atomic E-state index is -0.579. The highest BCUT2D eigenvalue weighted by atomic mass is 19.1. The Balaban J connectivity index is 1.42. The fourth-order valence-corrected chi connectivity index (χ4v) is 4.31. The van der Waals surface area contributed by atoms with Crippen molar-refractivity contribution in [2.24, 2.45) is 5.92 Å². The van der Waals surface area contributed by atoms with Gasteiger partial charge in [-0.15, -0.1) is 0 Å². The maximum absolute atomic E-state index is 13.4. The standard InChI is InChI=1S/C23H18FN3O3/c1-26-22(29)20-18(27-12-17(28)10-19(27)21(20)23(26)30)8-7-16-6-5-14(11-25-16)13-3-2-4-15(24)9-13/h2-11,18,20,28H,12H2,1H3. The lowest BCUT2D eigenvalue weighted by Crippen LogP contribution is -2.37. The van der Waals surface area contributed by atoms with Gasteiger partial charge in [0.15, 0.2) is 0 Å². The number of hydrogen-bond donors (Lipinski definition) is 1. The molecule has 6 nitrogen and oxygen atoms in total. The molecule has 150 valence electrons. The number of carbonyl (C=O) groups excluding carboxylic acids is 2. The molecule has 1 aromatic heterocycles. The third kappa shape index (κ3) is 2.74. The molecule has 7 heteroatoms. The third-order valence-corrected chi connectivity index (χ3v) is 5.77. The van der Waals surface area contributed by atoms with E-state index in [0.717, 1.165) is 16.0 Å². The highest BCUT2D eigenvalue weighted by Crippen LogP contribution is 2.44. The van der Waals surface area contributed by atoms with Gasteiger partial charge in [0.05, 0.1) is 35.5 Å². The number of likely N-dealkylation sites (tertiary alicyclic amines) is 1. The summed E-state index contributed by atoms with van der Waals surface area (Å²) < 4.78 is 13.4. The Morgan fingerprint density at radius 2 is 2.03 bits per heavy atom. The number of hydrogen-bond acceptors (Lipinski definition) is 5. The van der Waals surface area contributed by atoms with Crippen molar-refractivity contribution in [1.82, 2.24) is 14.8 Å². The second kappa shape index (κ2) is 6.66. The van der Waals surface area contributed by atoms with E-state index in [-0.39, 0.29) is 36.0 Å². The van der Waals surface area contributed by atoms with Crippen LogP contribution in [-0.2, 0) is 9.59 Å². The van der Waals surface area contributed by atoms with Gasteiger partial charge < -0.3 is 10.0 Å². The van der Waals surface area contributed by atoms with Crippen molar-refractivity contribution >= 4 is 17.9 Å². The van der Waals surface area contributed by atoms with Crippen molar-refractivity contribution in [3.05, 3.63) is 83.3 Å². The molecule has 2 aromatic rings. The van der Waals surface area contributed by atoms with Crippen LogP contribution in [0.1, 0.15) is 5.69 Å². The first-order valence-electron chi connectivity index (χ1n) is 9.56. The van der Waals surface area contributed by atoms with Crippen molar-refractivity contribution < 1.29 is 19.1 Å². The predicted molar refractivity (Wildman–Crippen MR) is 108 cm³/mol. The molecule has 4 heterocycles. The van der Waals surface area contributed by atoms with E-state index in [2.05, 4.69) is 4.98 Å². The summed E-state index contributed by atoms with van der Waals surface area (Å²) in [4.78, 5) is 32.6. The summed E-state index contributed by atoms with van der Waals surface area (Å²) in [6, 6.07) is 9.60. The Hall–Kier alpha value is -3.74. The van der Waals surface area contributed by atoms with Crippen molar-refractivity contribution in [2.45, 2.75) is 6.04 Å². The van der Waals surface area contributed by atoms with Crippen LogP contribution >= 0.6 is 0 Å². The minimum absolute atomic E-state index is 0.168. The van der Waals surface area contributed by atoms with E-state index in [1.165, 1.54) is 19.2 Å². The van der Waals surface area contributed by atoms with E-state index < -0.39 is 5.92 Å². The van der Waals surface area contributed by atoms with Gasteiger partial charge in [0.25, 0.3) is 5.91 Å². The number of allylic oxidation sites excluding steroid dienone is 1. The van der Waals surface area contributed by atoms with E-state index >= 15 is 0 Å². The molecule has 2 atom stereocenters. The number of carbonyl (C=O) groups is 2. The number of amides is 2. The molecule has 5 rings (SSSR count). The number of aliphatic hydroxyl groups is 1. The van der Waals surface area contributed by atoms with Gasteiger partial charge in [-0.05, 0) is 29.8 Å². The van der Waals surface area contributed by atoms with Crippen LogP contribution in [0.15, 0.2) is 71.8 Å². The Bertz CT molecular complexity index is 1170. The molecule has 1 N–H and O–H groups in total. The van der Waals surface area contributed by atoms with Crippen LogP contribution in [0.25, 0.3) is 17.2 Å². The smallest absolute Gasteiger partial charge is 0.259 e. The van der Waals surface area contributed by atoms with Crippen molar-refractivity contribution in [3.63, 3.8) is 0 Å². The number of rotatable bonds is 3. The number of nitrogens with zero attached hydrogens (tertiary/aromatic N) is 3. The Kier molecular flexibility index (Phi) is 4.06. The molecule has 0 saturated carbocycles. The van der Waals surface area contributed by atoms with E-state index in [9.17, 15) is 19.1 Å². The highest BCUT2D eigenvalue weighted by molar-refractivity contribution is 6.16. The zero-order chi connectivity index (χ0) is 21.0. The highest BCUT2D eigenvalue weighted by Gasteiger charge is 2.54. The molecule has 1 aromatic carbocycles. The summed E-state index contributed by atoms with van der Waals surface area (Å²) in [6.45, 7) is 0.264. The number of imide groups is 1. The molecular formula is C23H18FN3O3. The summed E-state index contributed by atoms with van der Waals surface area (Å²) >= 11 is 0. The van der Waals surface area contributed by atoms with E-state index in [1.54, 1.807) is 24.4 Å². The zero-order valence-corrected chi connectivity index (χ0v) is 16.1. The van der Waals surface area contributed by atoms with Crippen molar-refractivity contribution in [3.8, 4) is 11.1 Å².